The van der Waals surface area contributed by atoms with E-state index in [2.05, 4.69) is 0 Å². The molecule has 4 heteroatoms. The van der Waals surface area contributed by atoms with Crippen molar-refractivity contribution in [1.29, 1.82) is 0 Å². The molecule has 0 aromatic heterocycles. The fourth-order valence-electron chi connectivity index (χ4n) is 1.09. The van der Waals surface area contributed by atoms with Gasteiger partial charge in [0.05, 0.1) is 6.61 Å². The van der Waals surface area contributed by atoms with Gasteiger partial charge in [0.15, 0.2) is 0 Å². The van der Waals surface area contributed by atoms with Gasteiger partial charge in [-0.25, -0.2) is 4.39 Å². The molecule has 1 rings (SSSR count). The van der Waals surface area contributed by atoms with Crippen LogP contribution in [0.15, 0.2) is 18.2 Å². The molecule has 0 amide bonds. The van der Waals surface area contributed by atoms with Crippen molar-refractivity contribution in [3.63, 3.8) is 0 Å². The first-order valence-electron chi connectivity index (χ1n) is 4.36. The zero-order valence-corrected chi connectivity index (χ0v) is 8.59. The lowest BCUT2D eigenvalue weighted by molar-refractivity contribution is 0.0401. The van der Waals surface area contributed by atoms with Crippen molar-refractivity contribution >= 4 is 11.6 Å². The van der Waals surface area contributed by atoms with Gasteiger partial charge in [0.2, 0.25) is 0 Å². The van der Waals surface area contributed by atoms with Crippen molar-refractivity contribution in [3.05, 3.63) is 34.6 Å². The summed E-state index contributed by atoms with van der Waals surface area (Å²) in [5, 5.41) is 9.83. The van der Waals surface area contributed by atoms with E-state index in [9.17, 15) is 9.50 Å². The van der Waals surface area contributed by atoms with Crippen LogP contribution >= 0.6 is 11.6 Å². The fourth-order valence-corrected chi connectivity index (χ4v) is 1.25. The molecule has 0 aliphatic heterocycles. The minimum absolute atomic E-state index is 0.0923. The Labute approximate surface area is 87.3 Å². The predicted molar refractivity (Wildman–Crippen MR) is 52.9 cm³/mol. The smallest absolute Gasteiger partial charge is 0.130 e. The molecule has 0 saturated carbocycles. The summed E-state index contributed by atoms with van der Waals surface area (Å²) in [5.74, 6) is -0.510. The molecule has 78 valence electrons. The Bertz CT molecular complexity index is 304. The summed E-state index contributed by atoms with van der Waals surface area (Å²) in [7, 11) is 0. The summed E-state index contributed by atoms with van der Waals surface area (Å²) in [6, 6.07) is 4.17. The summed E-state index contributed by atoms with van der Waals surface area (Å²) < 4.78 is 18.2. The first-order chi connectivity index (χ1) is 6.65. The molecule has 0 heterocycles. The lowest BCUT2D eigenvalue weighted by atomic mass is 10.1. The molecule has 14 heavy (non-hydrogen) atoms. The van der Waals surface area contributed by atoms with Crippen LogP contribution < -0.4 is 0 Å². The summed E-state index contributed by atoms with van der Waals surface area (Å²) in [4.78, 5) is 0. The quantitative estimate of drug-likeness (QED) is 0.842. The van der Waals surface area contributed by atoms with Gasteiger partial charge < -0.3 is 9.84 Å². The van der Waals surface area contributed by atoms with E-state index in [0.717, 1.165) is 0 Å². The molecule has 1 unspecified atom stereocenters. The zero-order valence-electron chi connectivity index (χ0n) is 7.84. The van der Waals surface area contributed by atoms with Crippen LogP contribution in [0.25, 0.3) is 0 Å². The number of halogens is 2. The molecule has 1 N–H and O–H groups in total. The maximum Gasteiger partial charge on any atom is 0.130 e. The molecule has 0 aliphatic rings. The van der Waals surface area contributed by atoms with Crippen LogP contribution in [-0.2, 0) is 4.74 Å². The van der Waals surface area contributed by atoms with Gasteiger partial charge in [0, 0.05) is 17.2 Å². The van der Waals surface area contributed by atoms with Crippen LogP contribution in [0.4, 0.5) is 4.39 Å². The number of aliphatic hydroxyl groups excluding tert-OH is 1. The van der Waals surface area contributed by atoms with Crippen molar-refractivity contribution in [3.8, 4) is 0 Å². The predicted octanol–water partition coefficient (Wildman–Crippen LogP) is 2.55. The highest BCUT2D eigenvalue weighted by Gasteiger charge is 2.12. The third kappa shape index (κ3) is 2.94. The van der Waals surface area contributed by atoms with E-state index in [1.54, 1.807) is 0 Å². The van der Waals surface area contributed by atoms with Crippen LogP contribution in [0.2, 0.25) is 5.02 Å². The zero-order chi connectivity index (χ0) is 10.6. The first-order valence-corrected chi connectivity index (χ1v) is 4.73. The van der Waals surface area contributed by atoms with Gasteiger partial charge in [-0.05, 0) is 19.1 Å². The SMILES string of the molecule is CCOCC(O)c1ccc(Cl)cc1F. The normalized spacial score (nSPS) is 12.9. The number of aliphatic hydroxyl groups is 1. The minimum Gasteiger partial charge on any atom is -0.386 e. The second-order valence-corrected chi connectivity index (χ2v) is 3.28. The van der Waals surface area contributed by atoms with Crippen LogP contribution in [0.3, 0.4) is 0 Å². The molecule has 0 aliphatic carbocycles. The van der Waals surface area contributed by atoms with E-state index in [1.165, 1.54) is 18.2 Å². The first kappa shape index (κ1) is 11.4. The van der Waals surface area contributed by atoms with Gasteiger partial charge in [0.1, 0.15) is 11.9 Å². The summed E-state index contributed by atoms with van der Waals surface area (Å²) >= 11 is 5.57. The molecule has 1 atom stereocenters. The average molecular weight is 219 g/mol. The third-order valence-electron chi connectivity index (χ3n) is 1.80. The Morgan fingerprint density at radius 3 is 2.86 bits per heavy atom. The van der Waals surface area contributed by atoms with Crippen molar-refractivity contribution in [2.75, 3.05) is 13.2 Å². The van der Waals surface area contributed by atoms with Crippen LogP contribution in [-0.4, -0.2) is 18.3 Å². The number of hydrogen-bond acceptors (Lipinski definition) is 2. The highest BCUT2D eigenvalue weighted by molar-refractivity contribution is 6.30. The second kappa shape index (κ2) is 5.29. The molecule has 1 aromatic rings. The number of rotatable bonds is 4. The molecular weight excluding hydrogens is 207 g/mol. The lowest BCUT2D eigenvalue weighted by Gasteiger charge is -2.11. The van der Waals surface area contributed by atoms with Crippen LogP contribution in [0, 0.1) is 5.82 Å². The highest BCUT2D eigenvalue weighted by Crippen LogP contribution is 2.20. The van der Waals surface area contributed by atoms with Gasteiger partial charge in [-0.3, -0.25) is 0 Å². The van der Waals surface area contributed by atoms with Gasteiger partial charge in [0.25, 0.3) is 0 Å². The number of ether oxygens (including phenoxy) is 1. The summed E-state index contributed by atoms with van der Waals surface area (Å²) in [6.07, 6.45) is -0.938. The standard InChI is InChI=1S/C10H12ClFO2/c1-2-14-6-10(13)8-4-3-7(11)5-9(8)12/h3-5,10,13H,2,6H2,1H3. The van der Waals surface area contributed by atoms with Gasteiger partial charge >= 0.3 is 0 Å². The monoisotopic (exact) mass is 218 g/mol. The largest absolute Gasteiger partial charge is 0.386 e. The third-order valence-corrected chi connectivity index (χ3v) is 2.04. The molecule has 0 saturated heterocycles. The van der Waals surface area contributed by atoms with Gasteiger partial charge in [-0.15, -0.1) is 0 Å². The Hall–Kier alpha value is -0.640. The average Bonchev–Trinajstić information content (AvgIpc) is 2.14. The van der Waals surface area contributed by atoms with E-state index in [-0.39, 0.29) is 12.2 Å². The molecular formula is C10H12ClFO2. The Morgan fingerprint density at radius 2 is 2.29 bits per heavy atom. The maximum atomic E-state index is 13.2. The van der Waals surface area contributed by atoms with Crippen molar-refractivity contribution in [2.45, 2.75) is 13.0 Å². The van der Waals surface area contributed by atoms with E-state index >= 15 is 0 Å². The topological polar surface area (TPSA) is 29.5 Å². The van der Waals surface area contributed by atoms with Crippen LogP contribution in [0.5, 0.6) is 0 Å². The Morgan fingerprint density at radius 1 is 1.57 bits per heavy atom. The van der Waals surface area contributed by atoms with Crippen molar-refractivity contribution in [2.24, 2.45) is 0 Å². The van der Waals surface area contributed by atoms with Gasteiger partial charge in [-0.1, -0.05) is 17.7 Å². The molecule has 2 nitrogen and oxygen atoms in total. The van der Waals surface area contributed by atoms with E-state index in [1.807, 2.05) is 6.92 Å². The Balaban J connectivity index is 2.74. The van der Waals surface area contributed by atoms with E-state index in [4.69, 9.17) is 16.3 Å². The second-order valence-electron chi connectivity index (χ2n) is 2.84. The fraction of sp³-hybridized carbons (Fsp3) is 0.400. The van der Waals surface area contributed by atoms with E-state index in [0.29, 0.717) is 11.6 Å². The van der Waals surface area contributed by atoms with Crippen LogP contribution in [0.1, 0.15) is 18.6 Å². The minimum atomic E-state index is -0.938. The number of hydrogen-bond donors (Lipinski definition) is 1. The summed E-state index contributed by atoms with van der Waals surface area (Å²) in [5.41, 5.74) is 0.211. The van der Waals surface area contributed by atoms with Crippen molar-refractivity contribution < 1.29 is 14.2 Å². The highest BCUT2D eigenvalue weighted by atomic mass is 35.5. The molecule has 0 radical (unpaired) electrons. The summed E-state index contributed by atoms with van der Waals surface area (Å²) in [6.45, 7) is 2.40. The van der Waals surface area contributed by atoms with Gasteiger partial charge in [-0.2, -0.15) is 0 Å². The maximum absolute atomic E-state index is 13.2. The molecule has 0 spiro atoms. The molecule has 1 aromatic carbocycles. The van der Waals surface area contributed by atoms with Crippen molar-refractivity contribution in [1.82, 2.24) is 0 Å². The lowest BCUT2D eigenvalue weighted by Crippen LogP contribution is -2.08. The van der Waals surface area contributed by atoms with E-state index < -0.39 is 11.9 Å². The molecule has 0 bridgehead atoms. The Kier molecular flexibility index (Phi) is 4.32. The number of benzene rings is 1. The molecule has 0 fully saturated rings.